The van der Waals surface area contributed by atoms with E-state index in [1.165, 1.54) is 5.56 Å². The van der Waals surface area contributed by atoms with Gasteiger partial charge in [-0.15, -0.1) is 11.3 Å². The second-order valence-corrected chi connectivity index (χ2v) is 5.59. The van der Waals surface area contributed by atoms with Gasteiger partial charge in [0.25, 0.3) is 0 Å². The number of para-hydroxylation sites is 1. The molecule has 0 aliphatic rings. The van der Waals surface area contributed by atoms with Crippen LogP contribution in [-0.2, 0) is 0 Å². The lowest BCUT2D eigenvalue weighted by atomic mass is 10.2. The lowest BCUT2D eigenvalue weighted by Crippen LogP contribution is -1.92. The number of hydrogen-bond acceptors (Lipinski definition) is 4. The number of pyridine rings is 1. The molecule has 2 aromatic heterocycles. The molecule has 2 heterocycles. The zero-order valence-corrected chi connectivity index (χ0v) is 12.4. The third kappa shape index (κ3) is 2.81. The molecule has 0 aliphatic carbocycles. The van der Waals surface area contributed by atoms with Crippen LogP contribution in [0, 0.1) is 6.92 Å². The lowest BCUT2D eigenvalue weighted by Gasteiger charge is -2.05. The maximum Gasteiger partial charge on any atom is 0.187 e. The maximum atomic E-state index is 5.90. The Kier molecular flexibility index (Phi) is 3.67. The van der Waals surface area contributed by atoms with Crippen LogP contribution < -0.4 is 5.32 Å². The summed E-state index contributed by atoms with van der Waals surface area (Å²) in [5, 5.41) is 6.68. The molecule has 20 heavy (non-hydrogen) atoms. The molecule has 3 aromatic rings. The van der Waals surface area contributed by atoms with E-state index in [9.17, 15) is 0 Å². The average Bonchev–Trinajstić information content (AvgIpc) is 2.90. The topological polar surface area (TPSA) is 37.8 Å². The van der Waals surface area contributed by atoms with E-state index in [2.05, 4.69) is 28.3 Å². The molecule has 3 rings (SSSR count). The number of nitrogens with one attached hydrogen (secondary N) is 1. The maximum absolute atomic E-state index is 5.90. The van der Waals surface area contributed by atoms with E-state index in [1.54, 1.807) is 17.5 Å². The summed E-state index contributed by atoms with van der Waals surface area (Å²) in [4.78, 5) is 8.56. The van der Waals surface area contributed by atoms with Gasteiger partial charge in [-0.1, -0.05) is 29.8 Å². The van der Waals surface area contributed by atoms with Crippen LogP contribution in [0.2, 0.25) is 5.15 Å². The highest BCUT2D eigenvalue weighted by Gasteiger charge is 2.06. The van der Waals surface area contributed by atoms with Gasteiger partial charge in [0.05, 0.1) is 5.69 Å². The molecule has 0 fully saturated rings. The molecule has 0 spiro atoms. The zero-order chi connectivity index (χ0) is 13.9. The van der Waals surface area contributed by atoms with E-state index in [0.717, 1.165) is 22.1 Å². The molecule has 0 radical (unpaired) electrons. The van der Waals surface area contributed by atoms with E-state index >= 15 is 0 Å². The standard InChI is InChI=1S/C15H12ClN3S/c1-10-4-2-3-5-12(10)18-15-19-13(9-20-15)11-6-7-17-14(16)8-11/h2-9H,1H3,(H,18,19). The molecule has 1 N–H and O–H groups in total. The van der Waals surface area contributed by atoms with Crippen LogP contribution in [0.4, 0.5) is 10.8 Å². The van der Waals surface area contributed by atoms with Crippen LogP contribution >= 0.6 is 22.9 Å². The molecule has 3 nitrogen and oxygen atoms in total. The number of nitrogens with zero attached hydrogens (tertiary/aromatic N) is 2. The minimum absolute atomic E-state index is 0.476. The Morgan fingerprint density at radius 3 is 2.85 bits per heavy atom. The molecule has 0 saturated carbocycles. The third-order valence-corrected chi connectivity index (χ3v) is 3.88. The molecule has 0 atom stereocenters. The van der Waals surface area contributed by atoms with E-state index in [1.807, 2.05) is 35.7 Å². The van der Waals surface area contributed by atoms with Gasteiger partial charge in [0, 0.05) is 22.8 Å². The zero-order valence-electron chi connectivity index (χ0n) is 10.8. The average molecular weight is 302 g/mol. The highest BCUT2D eigenvalue weighted by atomic mass is 35.5. The molecule has 0 amide bonds. The summed E-state index contributed by atoms with van der Waals surface area (Å²) in [7, 11) is 0. The number of halogens is 1. The van der Waals surface area contributed by atoms with Gasteiger partial charge in [0.15, 0.2) is 5.13 Å². The Hall–Kier alpha value is -1.91. The predicted octanol–water partition coefficient (Wildman–Crippen LogP) is 4.91. The fraction of sp³-hybridized carbons (Fsp3) is 0.0667. The molecule has 5 heteroatoms. The van der Waals surface area contributed by atoms with Crippen molar-refractivity contribution in [3.63, 3.8) is 0 Å². The van der Waals surface area contributed by atoms with Gasteiger partial charge in [-0.2, -0.15) is 0 Å². The molecule has 0 bridgehead atoms. The van der Waals surface area contributed by atoms with Crippen LogP contribution in [0.3, 0.4) is 0 Å². The normalized spacial score (nSPS) is 10.5. The van der Waals surface area contributed by atoms with Crippen molar-refractivity contribution in [3.8, 4) is 11.3 Å². The first-order valence-corrected chi connectivity index (χ1v) is 7.38. The van der Waals surface area contributed by atoms with Crippen molar-refractivity contribution in [2.75, 3.05) is 5.32 Å². The minimum Gasteiger partial charge on any atom is -0.331 e. The molecular weight excluding hydrogens is 290 g/mol. The first-order valence-electron chi connectivity index (χ1n) is 6.12. The fourth-order valence-corrected chi connectivity index (χ4v) is 2.76. The van der Waals surface area contributed by atoms with Gasteiger partial charge >= 0.3 is 0 Å². The van der Waals surface area contributed by atoms with Crippen molar-refractivity contribution in [1.82, 2.24) is 9.97 Å². The molecule has 1 aromatic carbocycles. The largest absolute Gasteiger partial charge is 0.331 e. The van der Waals surface area contributed by atoms with Crippen molar-refractivity contribution in [1.29, 1.82) is 0 Å². The van der Waals surface area contributed by atoms with Crippen LogP contribution in [-0.4, -0.2) is 9.97 Å². The number of aryl methyl sites for hydroxylation is 1. The number of anilines is 2. The Labute approximate surface area is 126 Å². The van der Waals surface area contributed by atoms with Gasteiger partial charge < -0.3 is 5.32 Å². The first kappa shape index (κ1) is 13.1. The number of hydrogen-bond donors (Lipinski definition) is 1. The predicted molar refractivity (Wildman–Crippen MR) is 84.8 cm³/mol. The Morgan fingerprint density at radius 2 is 2.05 bits per heavy atom. The molecule has 0 saturated heterocycles. The lowest BCUT2D eigenvalue weighted by molar-refractivity contribution is 1.31. The molecule has 100 valence electrons. The molecular formula is C15H12ClN3S. The van der Waals surface area contributed by atoms with E-state index in [-0.39, 0.29) is 0 Å². The van der Waals surface area contributed by atoms with Crippen molar-refractivity contribution >= 4 is 33.8 Å². The van der Waals surface area contributed by atoms with Crippen molar-refractivity contribution in [3.05, 3.63) is 58.7 Å². The molecule has 0 unspecified atom stereocenters. The molecule has 0 aliphatic heterocycles. The highest BCUT2D eigenvalue weighted by Crippen LogP contribution is 2.28. The van der Waals surface area contributed by atoms with Crippen molar-refractivity contribution in [2.45, 2.75) is 6.92 Å². The van der Waals surface area contributed by atoms with Crippen molar-refractivity contribution < 1.29 is 0 Å². The highest BCUT2D eigenvalue weighted by molar-refractivity contribution is 7.14. The summed E-state index contributed by atoms with van der Waals surface area (Å²) in [6, 6.07) is 11.9. The Morgan fingerprint density at radius 1 is 1.20 bits per heavy atom. The smallest absolute Gasteiger partial charge is 0.187 e. The second-order valence-electron chi connectivity index (χ2n) is 4.35. The Balaban J connectivity index is 1.86. The monoisotopic (exact) mass is 301 g/mol. The SMILES string of the molecule is Cc1ccccc1Nc1nc(-c2ccnc(Cl)c2)cs1. The third-order valence-electron chi connectivity index (χ3n) is 2.91. The van der Waals surface area contributed by atoms with Gasteiger partial charge in [-0.3, -0.25) is 0 Å². The van der Waals surface area contributed by atoms with Gasteiger partial charge in [0.1, 0.15) is 5.15 Å². The van der Waals surface area contributed by atoms with Gasteiger partial charge in [-0.05, 0) is 30.7 Å². The first-order chi connectivity index (χ1) is 9.72. The van der Waals surface area contributed by atoms with Crippen LogP contribution in [0.5, 0.6) is 0 Å². The summed E-state index contributed by atoms with van der Waals surface area (Å²) >= 11 is 7.47. The quantitative estimate of drug-likeness (QED) is 0.698. The fourth-order valence-electron chi connectivity index (χ4n) is 1.85. The van der Waals surface area contributed by atoms with Gasteiger partial charge in [-0.25, -0.2) is 9.97 Å². The number of benzene rings is 1. The number of thiazole rings is 1. The minimum atomic E-state index is 0.476. The summed E-state index contributed by atoms with van der Waals surface area (Å²) in [5.41, 5.74) is 4.13. The Bertz CT molecular complexity index is 739. The van der Waals surface area contributed by atoms with E-state index in [4.69, 9.17) is 11.6 Å². The second kappa shape index (κ2) is 5.61. The summed E-state index contributed by atoms with van der Waals surface area (Å²) in [6.07, 6.45) is 1.69. The summed E-state index contributed by atoms with van der Waals surface area (Å²) < 4.78 is 0. The van der Waals surface area contributed by atoms with Crippen LogP contribution in [0.25, 0.3) is 11.3 Å². The van der Waals surface area contributed by atoms with E-state index < -0.39 is 0 Å². The van der Waals surface area contributed by atoms with Crippen molar-refractivity contribution in [2.24, 2.45) is 0 Å². The van der Waals surface area contributed by atoms with Gasteiger partial charge in [0.2, 0.25) is 0 Å². The summed E-state index contributed by atoms with van der Waals surface area (Å²) in [5.74, 6) is 0. The van der Waals surface area contributed by atoms with Crippen LogP contribution in [0.1, 0.15) is 5.56 Å². The van der Waals surface area contributed by atoms with Crippen LogP contribution in [0.15, 0.2) is 48.0 Å². The number of rotatable bonds is 3. The van der Waals surface area contributed by atoms with E-state index in [0.29, 0.717) is 5.15 Å². The summed E-state index contributed by atoms with van der Waals surface area (Å²) in [6.45, 7) is 2.07. The number of aromatic nitrogens is 2.